The van der Waals surface area contributed by atoms with Crippen molar-refractivity contribution in [2.45, 2.75) is 23.8 Å². The molecule has 0 aliphatic rings. The van der Waals surface area contributed by atoms with Crippen molar-refractivity contribution in [1.82, 2.24) is 4.90 Å². The third-order valence-electron chi connectivity index (χ3n) is 4.32. The molecular formula is C21H25Cl2N3O2S2. The van der Waals surface area contributed by atoms with Gasteiger partial charge in [0.15, 0.2) is 0 Å². The smallest absolute Gasteiger partial charge is 0.137 e. The van der Waals surface area contributed by atoms with Crippen LogP contribution >= 0.6 is 46.9 Å². The minimum atomic E-state index is -0.331. The van der Waals surface area contributed by atoms with E-state index >= 15 is 0 Å². The molecule has 0 aromatic heterocycles. The Balaban J connectivity index is 2.05. The van der Waals surface area contributed by atoms with E-state index in [0.29, 0.717) is 15.7 Å². The van der Waals surface area contributed by atoms with Crippen molar-refractivity contribution in [3.8, 4) is 0 Å². The van der Waals surface area contributed by atoms with E-state index in [9.17, 15) is 9.70 Å². The Labute approximate surface area is 196 Å². The molecular weight excluding hydrogens is 461 g/mol. The lowest BCUT2D eigenvalue weighted by Crippen LogP contribution is -2.35. The maximum Gasteiger partial charge on any atom is 0.137 e. The first-order valence-electron chi connectivity index (χ1n) is 9.33. The number of carbonyl (C=O) groups excluding carboxylic acids is 1. The average Bonchev–Trinajstić information content (AvgIpc) is 2.68. The Morgan fingerprint density at radius 1 is 1.17 bits per heavy atom. The lowest BCUT2D eigenvalue weighted by molar-refractivity contribution is -0.107. The molecule has 0 amide bonds. The number of thioether (sulfide) groups is 1. The van der Waals surface area contributed by atoms with Crippen molar-refractivity contribution >= 4 is 64.6 Å². The van der Waals surface area contributed by atoms with Crippen LogP contribution in [0.15, 0.2) is 47.0 Å². The van der Waals surface area contributed by atoms with E-state index in [1.165, 1.54) is 0 Å². The van der Waals surface area contributed by atoms with Gasteiger partial charge in [-0.1, -0.05) is 47.5 Å². The number of nitroso groups, excluding NO2 is 1. The summed E-state index contributed by atoms with van der Waals surface area (Å²) in [6.45, 7) is 5.47. The SMILES string of the molecule is CN(CCSC(C=O)c1ccccc1Nc1c(Cl)cccc1Cl)CC(C)(C)SN=O. The second kappa shape index (κ2) is 12.0. The zero-order chi connectivity index (χ0) is 22.1. The first-order chi connectivity index (χ1) is 14.3. The first-order valence-corrected chi connectivity index (χ1v) is 11.9. The quantitative estimate of drug-likeness (QED) is 0.201. The molecule has 2 aromatic rings. The number of nitrogens with one attached hydrogen (secondary N) is 1. The predicted molar refractivity (Wildman–Crippen MR) is 132 cm³/mol. The highest BCUT2D eigenvalue weighted by molar-refractivity contribution is 8.00. The van der Waals surface area contributed by atoms with Gasteiger partial charge in [0.25, 0.3) is 0 Å². The number of halogens is 2. The van der Waals surface area contributed by atoms with Gasteiger partial charge in [-0.15, -0.1) is 16.7 Å². The summed E-state index contributed by atoms with van der Waals surface area (Å²) in [5, 5.41) is 3.97. The minimum absolute atomic E-state index is 0.254. The van der Waals surface area contributed by atoms with Crippen molar-refractivity contribution in [2.24, 2.45) is 4.58 Å². The van der Waals surface area contributed by atoms with Gasteiger partial charge < -0.3 is 15.0 Å². The van der Waals surface area contributed by atoms with E-state index < -0.39 is 0 Å². The third kappa shape index (κ3) is 7.46. The number of anilines is 2. The van der Waals surface area contributed by atoms with E-state index in [-0.39, 0.29) is 10.00 Å². The van der Waals surface area contributed by atoms with Gasteiger partial charge in [-0.2, -0.15) is 0 Å². The van der Waals surface area contributed by atoms with Crippen molar-refractivity contribution in [3.05, 3.63) is 63.0 Å². The van der Waals surface area contributed by atoms with Crippen LogP contribution in [0, 0.1) is 4.91 Å². The number of hydrogen-bond donors (Lipinski definition) is 1. The molecule has 0 fully saturated rings. The van der Waals surface area contributed by atoms with Gasteiger partial charge in [0.05, 0.1) is 21.0 Å². The summed E-state index contributed by atoms with van der Waals surface area (Å²) in [7, 11) is 2.00. The number of aldehydes is 1. The molecule has 1 unspecified atom stereocenters. The summed E-state index contributed by atoms with van der Waals surface area (Å²) in [6, 6.07) is 13.0. The normalized spacial score (nSPS) is 12.6. The first kappa shape index (κ1) is 25.0. The highest BCUT2D eigenvalue weighted by Gasteiger charge is 2.22. The summed E-state index contributed by atoms with van der Waals surface area (Å²) in [5.74, 6) is 0.760. The molecule has 9 heteroatoms. The van der Waals surface area contributed by atoms with Crippen LogP contribution < -0.4 is 5.32 Å². The number of carbonyl (C=O) groups is 1. The summed E-state index contributed by atoms with van der Waals surface area (Å²) >= 11 is 15.2. The van der Waals surface area contributed by atoms with E-state index in [0.717, 1.165) is 48.3 Å². The van der Waals surface area contributed by atoms with Crippen LogP contribution in [-0.2, 0) is 4.79 Å². The number of hydrogen-bond acceptors (Lipinski definition) is 7. The van der Waals surface area contributed by atoms with Crippen molar-refractivity contribution in [2.75, 3.05) is 31.2 Å². The topological polar surface area (TPSA) is 61.8 Å². The van der Waals surface area contributed by atoms with Crippen LogP contribution in [0.2, 0.25) is 10.0 Å². The lowest BCUT2D eigenvalue weighted by Gasteiger charge is -2.27. The van der Waals surface area contributed by atoms with Gasteiger partial charge in [0.1, 0.15) is 6.29 Å². The van der Waals surface area contributed by atoms with E-state index in [2.05, 4.69) is 14.8 Å². The molecule has 0 saturated carbocycles. The van der Waals surface area contributed by atoms with E-state index in [1.54, 1.807) is 30.0 Å². The Morgan fingerprint density at radius 2 is 1.83 bits per heavy atom. The van der Waals surface area contributed by atoms with Gasteiger partial charge >= 0.3 is 0 Å². The number of rotatable bonds is 12. The van der Waals surface area contributed by atoms with E-state index in [4.69, 9.17) is 23.2 Å². The summed E-state index contributed by atoms with van der Waals surface area (Å²) < 4.78 is 2.69. The molecule has 5 nitrogen and oxygen atoms in total. The fraction of sp³-hybridized carbons (Fsp3) is 0.381. The van der Waals surface area contributed by atoms with E-state index in [1.807, 2.05) is 45.2 Å². The van der Waals surface area contributed by atoms with Gasteiger partial charge in [0.2, 0.25) is 0 Å². The maximum atomic E-state index is 11.9. The summed E-state index contributed by atoms with van der Waals surface area (Å²) in [4.78, 5) is 24.5. The monoisotopic (exact) mass is 485 g/mol. The van der Waals surface area contributed by atoms with Crippen molar-refractivity contribution in [1.29, 1.82) is 0 Å². The van der Waals surface area contributed by atoms with Crippen LogP contribution in [0.1, 0.15) is 24.7 Å². The van der Waals surface area contributed by atoms with Gasteiger partial charge in [-0.25, -0.2) is 0 Å². The Kier molecular flexibility index (Phi) is 9.97. The molecule has 0 aliphatic carbocycles. The van der Waals surface area contributed by atoms with Crippen molar-refractivity contribution < 1.29 is 4.79 Å². The van der Waals surface area contributed by atoms with Crippen LogP contribution in [0.25, 0.3) is 0 Å². The number of nitrogens with zero attached hydrogens (tertiary/aromatic N) is 2. The standard InChI is InChI=1S/C21H25Cl2N3O2S2/c1-21(2,30-25-28)14-26(3)11-12-29-19(13-27)15-7-4-5-10-18(15)24-20-16(22)8-6-9-17(20)23/h4-10,13,19,24H,11-12,14H2,1-3H3. The second-order valence-electron chi connectivity index (χ2n) is 7.40. The molecule has 0 spiro atoms. The van der Waals surface area contributed by atoms with Gasteiger partial charge in [-0.3, -0.25) is 0 Å². The lowest BCUT2D eigenvalue weighted by atomic mass is 10.1. The Bertz CT molecular complexity index is 848. The van der Waals surface area contributed by atoms with Crippen molar-refractivity contribution in [3.63, 3.8) is 0 Å². The third-order valence-corrected chi connectivity index (χ3v) is 6.79. The van der Waals surface area contributed by atoms with Crippen LogP contribution in [0.5, 0.6) is 0 Å². The number of para-hydroxylation sites is 2. The van der Waals surface area contributed by atoms with Crippen LogP contribution in [0.4, 0.5) is 11.4 Å². The molecule has 0 heterocycles. The average molecular weight is 486 g/mol. The maximum absolute atomic E-state index is 11.9. The molecule has 30 heavy (non-hydrogen) atoms. The largest absolute Gasteiger partial charge is 0.353 e. The molecule has 1 atom stereocenters. The fourth-order valence-electron chi connectivity index (χ4n) is 3.01. The molecule has 0 aliphatic heterocycles. The molecule has 162 valence electrons. The predicted octanol–water partition coefficient (Wildman–Crippen LogP) is 6.84. The Morgan fingerprint density at radius 3 is 2.47 bits per heavy atom. The van der Waals surface area contributed by atoms with Crippen LogP contribution in [-0.4, -0.2) is 41.8 Å². The molecule has 0 bridgehead atoms. The summed E-state index contributed by atoms with van der Waals surface area (Å²) in [5.41, 5.74) is 2.28. The zero-order valence-corrected chi connectivity index (χ0v) is 20.2. The highest BCUT2D eigenvalue weighted by Crippen LogP contribution is 2.37. The molecule has 0 radical (unpaired) electrons. The molecule has 2 aromatic carbocycles. The minimum Gasteiger partial charge on any atom is -0.353 e. The zero-order valence-electron chi connectivity index (χ0n) is 17.1. The number of benzene rings is 2. The fourth-order valence-corrected chi connectivity index (χ4v) is 5.11. The summed E-state index contributed by atoms with van der Waals surface area (Å²) in [6.07, 6.45) is 0.954. The highest BCUT2D eigenvalue weighted by atomic mass is 35.5. The molecule has 1 N–H and O–H groups in total. The second-order valence-corrected chi connectivity index (χ2v) is 10.9. The van der Waals surface area contributed by atoms with Gasteiger partial charge in [0, 0.05) is 45.8 Å². The van der Waals surface area contributed by atoms with Crippen LogP contribution in [0.3, 0.4) is 0 Å². The Hall–Kier alpha value is -1.25. The molecule has 0 saturated heterocycles. The van der Waals surface area contributed by atoms with Gasteiger partial charge in [-0.05, 0) is 44.7 Å². The molecule has 2 rings (SSSR count).